The number of methoxy groups -OCH3 is 1. The number of rotatable bonds is 5. The van der Waals surface area contributed by atoms with E-state index in [0.29, 0.717) is 12.3 Å². The fraction of sp³-hybridized carbons (Fsp3) is 0.462. The SMILES string of the molecule is CC[C@H]1[C@H](/C=C/c2ccc(-c3ccccc3OC)cn2)[C@@H]2[C@@H](C)OC(=O)[C@]2(O)C[C@@H]1C. The lowest BCUT2D eigenvalue weighted by atomic mass is 9.59. The van der Waals surface area contributed by atoms with Gasteiger partial charge in [-0.3, -0.25) is 4.98 Å². The number of hydrogen-bond acceptors (Lipinski definition) is 5. The number of aromatic nitrogens is 1. The number of carbonyl (C=O) groups excluding carboxylic acids is 1. The molecule has 2 aromatic rings. The van der Waals surface area contributed by atoms with E-state index in [1.807, 2.05) is 55.6 Å². The van der Waals surface area contributed by atoms with Crippen LogP contribution < -0.4 is 4.74 Å². The Labute approximate surface area is 184 Å². The predicted molar refractivity (Wildman–Crippen MR) is 120 cm³/mol. The molecule has 1 aromatic heterocycles. The van der Waals surface area contributed by atoms with Gasteiger partial charge in [-0.2, -0.15) is 0 Å². The number of hydrogen-bond donors (Lipinski definition) is 1. The van der Waals surface area contributed by atoms with E-state index in [2.05, 4.69) is 24.9 Å². The number of pyridine rings is 1. The van der Waals surface area contributed by atoms with Crippen molar-refractivity contribution in [1.29, 1.82) is 0 Å². The Morgan fingerprint density at radius 2 is 2.03 bits per heavy atom. The van der Waals surface area contributed by atoms with Crippen LogP contribution in [0.1, 0.15) is 39.3 Å². The van der Waals surface area contributed by atoms with Crippen LogP contribution in [0.25, 0.3) is 17.2 Å². The maximum atomic E-state index is 12.4. The van der Waals surface area contributed by atoms with Gasteiger partial charge in [0.2, 0.25) is 0 Å². The average Bonchev–Trinajstić information content (AvgIpc) is 2.99. The predicted octanol–water partition coefficient (Wildman–Crippen LogP) is 4.75. The third-order valence-electron chi connectivity index (χ3n) is 7.14. The molecule has 1 aromatic carbocycles. The number of cyclic esters (lactones) is 1. The molecule has 164 valence electrons. The van der Waals surface area contributed by atoms with Crippen LogP contribution in [-0.4, -0.2) is 34.9 Å². The summed E-state index contributed by atoms with van der Waals surface area (Å²) in [4.78, 5) is 17.0. The summed E-state index contributed by atoms with van der Waals surface area (Å²) in [6.45, 7) is 6.19. The minimum Gasteiger partial charge on any atom is -0.496 e. The zero-order valence-corrected chi connectivity index (χ0v) is 18.6. The van der Waals surface area contributed by atoms with Crippen LogP contribution in [0.15, 0.2) is 48.7 Å². The molecular formula is C26H31NO4. The minimum absolute atomic E-state index is 0.0518. The molecule has 31 heavy (non-hydrogen) atoms. The van der Waals surface area contributed by atoms with Crippen molar-refractivity contribution in [1.82, 2.24) is 4.98 Å². The van der Waals surface area contributed by atoms with Crippen LogP contribution in [0.3, 0.4) is 0 Å². The van der Waals surface area contributed by atoms with Crippen LogP contribution in [0.4, 0.5) is 0 Å². The van der Waals surface area contributed by atoms with Crippen LogP contribution >= 0.6 is 0 Å². The van der Waals surface area contributed by atoms with Crippen molar-refractivity contribution >= 4 is 12.0 Å². The number of benzene rings is 1. The summed E-state index contributed by atoms with van der Waals surface area (Å²) in [5.41, 5.74) is 1.44. The Morgan fingerprint density at radius 1 is 1.26 bits per heavy atom. The summed E-state index contributed by atoms with van der Waals surface area (Å²) in [5.74, 6) is 0.782. The van der Waals surface area contributed by atoms with Gasteiger partial charge in [0, 0.05) is 23.2 Å². The first-order valence-corrected chi connectivity index (χ1v) is 11.1. The zero-order chi connectivity index (χ0) is 22.2. The highest BCUT2D eigenvalue weighted by Gasteiger charge is 2.62. The number of ether oxygens (including phenoxy) is 2. The van der Waals surface area contributed by atoms with Gasteiger partial charge in [-0.15, -0.1) is 0 Å². The van der Waals surface area contributed by atoms with E-state index in [-0.39, 0.29) is 23.9 Å². The van der Waals surface area contributed by atoms with Crippen LogP contribution in [-0.2, 0) is 9.53 Å². The molecule has 0 radical (unpaired) electrons. The smallest absolute Gasteiger partial charge is 0.338 e. The van der Waals surface area contributed by atoms with Crippen LogP contribution in [0, 0.1) is 23.7 Å². The fourth-order valence-electron chi connectivity index (χ4n) is 5.70. The maximum Gasteiger partial charge on any atom is 0.338 e. The van der Waals surface area contributed by atoms with Gasteiger partial charge in [-0.1, -0.05) is 50.6 Å². The summed E-state index contributed by atoms with van der Waals surface area (Å²) in [5, 5.41) is 11.2. The molecule has 2 fully saturated rings. The summed E-state index contributed by atoms with van der Waals surface area (Å²) in [6, 6.07) is 11.9. The highest BCUT2D eigenvalue weighted by atomic mass is 16.6. The van der Waals surface area contributed by atoms with E-state index < -0.39 is 11.6 Å². The second-order valence-corrected chi connectivity index (χ2v) is 8.92. The molecule has 2 heterocycles. The summed E-state index contributed by atoms with van der Waals surface area (Å²) in [7, 11) is 1.67. The van der Waals surface area contributed by atoms with Gasteiger partial charge >= 0.3 is 5.97 Å². The molecule has 1 N–H and O–H groups in total. The molecule has 0 amide bonds. The molecule has 1 aliphatic heterocycles. The van der Waals surface area contributed by atoms with Gasteiger partial charge in [-0.05, 0) is 49.3 Å². The third-order valence-corrected chi connectivity index (χ3v) is 7.14. The first-order chi connectivity index (χ1) is 14.9. The quantitative estimate of drug-likeness (QED) is 0.706. The molecule has 6 atom stereocenters. The van der Waals surface area contributed by atoms with Crippen molar-refractivity contribution in [3.63, 3.8) is 0 Å². The third kappa shape index (κ3) is 3.76. The van der Waals surface area contributed by atoms with Crippen molar-refractivity contribution in [2.45, 2.75) is 45.3 Å². The van der Waals surface area contributed by atoms with Crippen LogP contribution in [0.5, 0.6) is 5.75 Å². The lowest BCUT2D eigenvalue weighted by Gasteiger charge is -2.45. The number of allylic oxidation sites excluding steroid dienone is 1. The number of nitrogens with zero attached hydrogens (tertiary/aromatic N) is 1. The molecule has 4 rings (SSSR count). The lowest BCUT2D eigenvalue weighted by molar-refractivity contribution is -0.160. The Bertz CT molecular complexity index is 970. The summed E-state index contributed by atoms with van der Waals surface area (Å²) >= 11 is 0. The van der Waals surface area contributed by atoms with Crippen molar-refractivity contribution < 1.29 is 19.4 Å². The number of carbonyl (C=O) groups is 1. The highest BCUT2D eigenvalue weighted by molar-refractivity contribution is 5.82. The van der Waals surface area contributed by atoms with Gasteiger partial charge in [0.05, 0.1) is 12.8 Å². The largest absolute Gasteiger partial charge is 0.496 e. The standard InChI is InChI=1S/C26H31NO4/c1-5-20-16(2)14-26(29)24(17(3)31-25(26)28)22(20)13-12-19-11-10-18(15-27-19)21-8-6-7-9-23(21)30-4/h6-13,15-17,20,22,24,29H,5,14H2,1-4H3/b13-12+/t16-,17+,20+,22-,24-,26-/m0/s1. The van der Waals surface area contributed by atoms with E-state index in [9.17, 15) is 9.90 Å². The maximum absolute atomic E-state index is 12.4. The molecule has 0 unspecified atom stereocenters. The summed E-state index contributed by atoms with van der Waals surface area (Å²) < 4.78 is 10.9. The van der Waals surface area contributed by atoms with Crippen molar-refractivity contribution in [2.75, 3.05) is 7.11 Å². The Morgan fingerprint density at radius 3 is 2.71 bits per heavy atom. The Hall–Kier alpha value is -2.66. The first-order valence-electron chi connectivity index (χ1n) is 11.1. The van der Waals surface area contributed by atoms with Crippen molar-refractivity contribution in [3.05, 3.63) is 54.4 Å². The second kappa shape index (κ2) is 8.46. The van der Waals surface area contributed by atoms with Gasteiger partial charge in [0.15, 0.2) is 5.60 Å². The molecule has 5 heteroatoms. The number of esters is 1. The Kier molecular flexibility index (Phi) is 5.89. The fourth-order valence-corrected chi connectivity index (χ4v) is 5.70. The molecule has 5 nitrogen and oxygen atoms in total. The second-order valence-electron chi connectivity index (χ2n) is 8.92. The van der Waals surface area contributed by atoms with E-state index in [1.54, 1.807) is 7.11 Å². The highest BCUT2D eigenvalue weighted by Crippen LogP contribution is 2.52. The van der Waals surface area contributed by atoms with E-state index in [1.165, 1.54) is 0 Å². The Balaban J connectivity index is 1.61. The number of fused-ring (bicyclic) bond motifs is 1. The molecule has 0 bridgehead atoms. The van der Waals surface area contributed by atoms with Gasteiger partial charge in [0.1, 0.15) is 11.9 Å². The van der Waals surface area contributed by atoms with E-state index in [4.69, 9.17) is 9.47 Å². The summed E-state index contributed by atoms with van der Waals surface area (Å²) in [6.07, 6.45) is 7.14. The van der Waals surface area contributed by atoms with E-state index >= 15 is 0 Å². The number of para-hydroxylation sites is 1. The lowest BCUT2D eigenvalue weighted by Crippen LogP contribution is -2.53. The van der Waals surface area contributed by atoms with Crippen molar-refractivity contribution in [3.8, 4) is 16.9 Å². The van der Waals surface area contributed by atoms with E-state index in [0.717, 1.165) is 29.0 Å². The molecule has 0 spiro atoms. The normalized spacial score (nSPS) is 32.7. The monoisotopic (exact) mass is 421 g/mol. The average molecular weight is 422 g/mol. The van der Waals surface area contributed by atoms with Crippen molar-refractivity contribution in [2.24, 2.45) is 23.7 Å². The van der Waals surface area contributed by atoms with Gasteiger partial charge in [0.25, 0.3) is 0 Å². The molecule has 1 saturated heterocycles. The van der Waals surface area contributed by atoms with Gasteiger partial charge < -0.3 is 14.6 Å². The minimum atomic E-state index is -1.39. The molecule has 1 aliphatic carbocycles. The number of aliphatic hydroxyl groups is 1. The molecule has 2 aliphatic rings. The van der Waals surface area contributed by atoms with Gasteiger partial charge in [-0.25, -0.2) is 4.79 Å². The molecular weight excluding hydrogens is 390 g/mol. The van der Waals surface area contributed by atoms with Crippen LogP contribution in [0.2, 0.25) is 0 Å². The topological polar surface area (TPSA) is 68.7 Å². The molecule has 1 saturated carbocycles. The zero-order valence-electron chi connectivity index (χ0n) is 18.6. The first kappa shape index (κ1) is 21.6.